The van der Waals surface area contributed by atoms with Crippen molar-refractivity contribution in [3.8, 4) is 0 Å². The molecule has 0 aliphatic heterocycles. The molecular formula is C7H14O2. The van der Waals surface area contributed by atoms with Crippen LogP contribution in [0.2, 0.25) is 0 Å². The van der Waals surface area contributed by atoms with Crippen LogP contribution >= 0.6 is 0 Å². The van der Waals surface area contributed by atoms with Gasteiger partial charge in [-0.2, -0.15) is 0 Å². The first-order valence-corrected chi connectivity index (χ1v) is 3.21. The Balaban J connectivity index is 2.82. The van der Waals surface area contributed by atoms with Crippen molar-refractivity contribution < 1.29 is 9.47 Å². The predicted octanol–water partition coefficient (Wildman–Crippen LogP) is 1.92. The molecule has 0 N–H and O–H groups in total. The molecule has 2 heteroatoms. The van der Waals surface area contributed by atoms with Crippen molar-refractivity contribution in [2.75, 3.05) is 13.7 Å². The van der Waals surface area contributed by atoms with Crippen molar-refractivity contribution in [3.05, 3.63) is 12.5 Å². The topological polar surface area (TPSA) is 18.5 Å². The summed E-state index contributed by atoms with van der Waals surface area (Å²) in [5.74, 6) is 0. The minimum absolute atomic E-state index is 0.788. The van der Waals surface area contributed by atoms with Crippen LogP contribution in [0.15, 0.2) is 12.5 Å². The number of hydrogen-bond acceptors (Lipinski definition) is 2. The first kappa shape index (κ1) is 8.34. The second-order valence-electron chi connectivity index (χ2n) is 1.73. The van der Waals surface area contributed by atoms with E-state index in [-0.39, 0.29) is 0 Å². The average molecular weight is 130 g/mol. The van der Waals surface area contributed by atoms with Crippen LogP contribution in [0, 0.1) is 0 Å². The normalized spacial score (nSPS) is 10.0. The van der Waals surface area contributed by atoms with Crippen LogP contribution in [0.1, 0.15) is 19.8 Å². The lowest BCUT2D eigenvalue weighted by Crippen LogP contribution is -1.84. The largest absolute Gasteiger partial charge is 0.501 e. The van der Waals surface area contributed by atoms with Crippen LogP contribution in [0.5, 0.6) is 0 Å². The zero-order valence-electron chi connectivity index (χ0n) is 6.09. The van der Waals surface area contributed by atoms with Crippen LogP contribution in [-0.4, -0.2) is 13.7 Å². The van der Waals surface area contributed by atoms with E-state index in [0.29, 0.717) is 0 Å². The van der Waals surface area contributed by atoms with Crippen LogP contribution in [0.3, 0.4) is 0 Å². The van der Waals surface area contributed by atoms with Gasteiger partial charge in [0.15, 0.2) is 0 Å². The van der Waals surface area contributed by atoms with Gasteiger partial charge in [0.2, 0.25) is 0 Å². The molecule has 54 valence electrons. The zero-order valence-corrected chi connectivity index (χ0v) is 6.09. The molecule has 0 aromatic heterocycles. The van der Waals surface area contributed by atoms with Gasteiger partial charge in [-0.1, -0.05) is 13.3 Å². The fraction of sp³-hybridized carbons (Fsp3) is 0.714. The SMILES string of the molecule is CCCCO/C=C/OC. The maximum atomic E-state index is 5.01. The molecular weight excluding hydrogens is 116 g/mol. The molecule has 2 nitrogen and oxygen atoms in total. The Labute approximate surface area is 56.5 Å². The van der Waals surface area contributed by atoms with Gasteiger partial charge < -0.3 is 9.47 Å². The molecule has 0 bridgehead atoms. The molecule has 0 aliphatic carbocycles. The van der Waals surface area contributed by atoms with E-state index in [0.717, 1.165) is 13.0 Å². The Hall–Kier alpha value is -0.660. The number of unbranched alkanes of at least 4 members (excludes halogenated alkanes) is 1. The van der Waals surface area contributed by atoms with Crippen LogP contribution < -0.4 is 0 Å². The summed E-state index contributed by atoms with van der Waals surface area (Å²) in [7, 11) is 1.60. The molecule has 0 atom stereocenters. The van der Waals surface area contributed by atoms with Gasteiger partial charge in [-0.3, -0.25) is 0 Å². The Morgan fingerprint density at radius 2 is 2.11 bits per heavy atom. The molecule has 0 aromatic carbocycles. The third-order valence-corrected chi connectivity index (χ3v) is 0.904. The lowest BCUT2D eigenvalue weighted by molar-refractivity contribution is 0.223. The van der Waals surface area contributed by atoms with Crippen molar-refractivity contribution in [2.45, 2.75) is 19.8 Å². The summed E-state index contributed by atoms with van der Waals surface area (Å²) in [6, 6.07) is 0. The number of ether oxygens (including phenoxy) is 2. The monoisotopic (exact) mass is 130 g/mol. The Kier molecular flexibility index (Phi) is 6.80. The summed E-state index contributed by atoms with van der Waals surface area (Å²) < 4.78 is 9.63. The highest BCUT2D eigenvalue weighted by molar-refractivity contribution is 4.58. The standard InChI is InChI=1S/C7H14O2/c1-3-4-5-9-7-6-8-2/h6-7H,3-5H2,1-2H3/b7-6+. The third-order valence-electron chi connectivity index (χ3n) is 0.904. The van der Waals surface area contributed by atoms with Gasteiger partial charge in [0.1, 0.15) is 12.5 Å². The van der Waals surface area contributed by atoms with Crippen molar-refractivity contribution in [2.24, 2.45) is 0 Å². The first-order valence-electron chi connectivity index (χ1n) is 3.21. The van der Waals surface area contributed by atoms with E-state index in [4.69, 9.17) is 4.74 Å². The number of hydrogen-bond donors (Lipinski definition) is 0. The van der Waals surface area contributed by atoms with Gasteiger partial charge in [-0.25, -0.2) is 0 Å². The smallest absolute Gasteiger partial charge is 0.117 e. The van der Waals surface area contributed by atoms with E-state index in [9.17, 15) is 0 Å². The molecule has 0 saturated carbocycles. The van der Waals surface area contributed by atoms with Gasteiger partial charge in [-0.05, 0) is 6.42 Å². The predicted molar refractivity (Wildman–Crippen MR) is 37.0 cm³/mol. The van der Waals surface area contributed by atoms with Crippen molar-refractivity contribution in [3.63, 3.8) is 0 Å². The highest BCUT2D eigenvalue weighted by Crippen LogP contribution is 1.87. The molecule has 0 spiro atoms. The van der Waals surface area contributed by atoms with Crippen LogP contribution in [-0.2, 0) is 9.47 Å². The average Bonchev–Trinajstić information content (AvgIpc) is 1.89. The van der Waals surface area contributed by atoms with E-state index >= 15 is 0 Å². The highest BCUT2D eigenvalue weighted by Gasteiger charge is 1.78. The van der Waals surface area contributed by atoms with Gasteiger partial charge in [0.05, 0.1) is 13.7 Å². The summed E-state index contributed by atoms with van der Waals surface area (Å²) in [5, 5.41) is 0. The van der Waals surface area contributed by atoms with Gasteiger partial charge in [0, 0.05) is 0 Å². The molecule has 0 heterocycles. The molecule has 0 aliphatic rings. The molecule has 0 saturated heterocycles. The molecule has 0 unspecified atom stereocenters. The lowest BCUT2D eigenvalue weighted by Gasteiger charge is -1.95. The Morgan fingerprint density at radius 3 is 2.67 bits per heavy atom. The number of rotatable bonds is 5. The Morgan fingerprint density at radius 1 is 1.33 bits per heavy atom. The van der Waals surface area contributed by atoms with E-state index in [1.54, 1.807) is 13.4 Å². The Bertz CT molecular complexity index is 69.3. The summed E-state index contributed by atoms with van der Waals surface area (Å²) in [4.78, 5) is 0. The fourth-order valence-corrected chi connectivity index (χ4v) is 0.391. The minimum Gasteiger partial charge on any atom is -0.501 e. The van der Waals surface area contributed by atoms with E-state index in [2.05, 4.69) is 11.7 Å². The third kappa shape index (κ3) is 7.34. The molecule has 0 amide bonds. The molecule has 0 radical (unpaired) electrons. The lowest BCUT2D eigenvalue weighted by atomic mass is 10.4. The second-order valence-corrected chi connectivity index (χ2v) is 1.73. The van der Waals surface area contributed by atoms with E-state index in [1.807, 2.05) is 0 Å². The molecule has 0 aromatic rings. The van der Waals surface area contributed by atoms with Crippen molar-refractivity contribution in [1.29, 1.82) is 0 Å². The van der Waals surface area contributed by atoms with Crippen molar-refractivity contribution in [1.82, 2.24) is 0 Å². The summed E-state index contributed by atoms with van der Waals surface area (Å²) in [6.07, 6.45) is 5.36. The number of methoxy groups -OCH3 is 1. The van der Waals surface area contributed by atoms with E-state index in [1.165, 1.54) is 12.7 Å². The van der Waals surface area contributed by atoms with Gasteiger partial charge in [0.25, 0.3) is 0 Å². The summed E-state index contributed by atoms with van der Waals surface area (Å²) >= 11 is 0. The summed E-state index contributed by atoms with van der Waals surface area (Å²) in [5.41, 5.74) is 0. The second kappa shape index (κ2) is 7.34. The van der Waals surface area contributed by atoms with Crippen LogP contribution in [0.4, 0.5) is 0 Å². The minimum atomic E-state index is 0.788. The highest BCUT2D eigenvalue weighted by atomic mass is 16.5. The van der Waals surface area contributed by atoms with Gasteiger partial charge in [-0.15, -0.1) is 0 Å². The van der Waals surface area contributed by atoms with E-state index < -0.39 is 0 Å². The van der Waals surface area contributed by atoms with Crippen molar-refractivity contribution >= 4 is 0 Å². The summed E-state index contributed by atoms with van der Waals surface area (Å²) in [6.45, 7) is 2.92. The maximum absolute atomic E-state index is 5.01. The fourth-order valence-electron chi connectivity index (χ4n) is 0.391. The maximum Gasteiger partial charge on any atom is 0.117 e. The van der Waals surface area contributed by atoms with Crippen LogP contribution in [0.25, 0.3) is 0 Å². The molecule has 0 rings (SSSR count). The molecule has 9 heavy (non-hydrogen) atoms. The van der Waals surface area contributed by atoms with Gasteiger partial charge >= 0.3 is 0 Å². The molecule has 0 fully saturated rings. The first-order chi connectivity index (χ1) is 4.41. The zero-order chi connectivity index (χ0) is 6.95. The quantitative estimate of drug-likeness (QED) is 0.418.